The number of aromatic amines is 2. The molecule has 11 rings (SSSR count). The Kier molecular flexibility index (Phi) is 7.85. The Hall–Kier alpha value is -6.60. The van der Waals surface area contributed by atoms with Crippen LogP contribution in [0.5, 0.6) is 5.75 Å². The maximum absolute atomic E-state index is 6.69. The molecule has 2 radical (unpaired) electrons. The zero-order valence-electron chi connectivity index (χ0n) is 30.9. The van der Waals surface area contributed by atoms with Gasteiger partial charge in [-0.25, -0.2) is 0 Å². The van der Waals surface area contributed by atoms with Crippen LogP contribution >= 0.6 is 0 Å². The van der Waals surface area contributed by atoms with Gasteiger partial charge in [0, 0.05) is 0 Å². The number of H-pyrrole nitrogens is 2. The molecule has 0 saturated heterocycles. The van der Waals surface area contributed by atoms with Crippen molar-refractivity contribution in [2.75, 3.05) is 0 Å². The van der Waals surface area contributed by atoms with Gasteiger partial charge in [-0.05, 0) is 0 Å². The Balaban J connectivity index is 1.11. The number of hydrogen-bond acceptors (Lipinski definition) is 7. The molecule has 0 amide bonds. The van der Waals surface area contributed by atoms with E-state index < -0.39 is 24.7 Å². The van der Waals surface area contributed by atoms with Gasteiger partial charge in [0.1, 0.15) is 0 Å². The van der Waals surface area contributed by atoms with E-state index in [1.807, 2.05) is 72.8 Å². The minimum atomic E-state index is -1.95. The van der Waals surface area contributed by atoms with Crippen molar-refractivity contribution >= 4 is 71.9 Å². The van der Waals surface area contributed by atoms with Crippen molar-refractivity contribution < 1.29 is 2.69 Å². The van der Waals surface area contributed by atoms with Gasteiger partial charge < -0.3 is 0 Å². The zero-order valence-corrected chi connectivity index (χ0v) is 34.8. The monoisotopic (exact) mass is 932 g/mol. The standard InChI is InChI=1S/C32H17N8.C15H16O.Pb/c1-2-10-18-17(9-1)25-33-26(18)38-28-21-13-5-6-14-22(21)30(35-28)40-32-24-16-8-7-15-23(24)31(36-32)39-29-20-12-4-3-11-19(20)27(34-29)37-25;1-15(2,12-6-4-3-5-7-12)13-8-10-14(16)11-9-13;/h1-15H,(H2,33,34,35,36,37,38,39,40);3-11,16H,1-2H3;/q;;+1/p-1. The summed E-state index contributed by atoms with van der Waals surface area (Å²) in [7, 11) is 0. The Morgan fingerprint density at radius 2 is 0.860 bits per heavy atom. The fourth-order valence-electron chi connectivity index (χ4n) is 7.85. The summed E-state index contributed by atoms with van der Waals surface area (Å²) in [5, 5.41) is 3.81. The molecule has 0 atom stereocenters. The summed E-state index contributed by atoms with van der Waals surface area (Å²) >= 11 is -1.95. The Labute approximate surface area is 339 Å². The van der Waals surface area contributed by atoms with E-state index in [4.69, 9.17) is 32.6 Å². The quantitative estimate of drug-likeness (QED) is 0.165. The number of nitrogens with one attached hydrogen (secondary N) is 2. The van der Waals surface area contributed by atoms with Crippen molar-refractivity contribution in [3.8, 4) is 51.3 Å². The molecule has 0 aliphatic carbocycles. The first kappa shape index (κ1) is 33.7. The van der Waals surface area contributed by atoms with Gasteiger partial charge in [-0.1, -0.05) is 6.07 Å². The van der Waals surface area contributed by atoms with Gasteiger partial charge in [-0.3, -0.25) is 0 Å². The van der Waals surface area contributed by atoms with Crippen molar-refractivity contribution in [2.24, 2.45) is 0 Å². The van der Waals surface area contributed by atoms with Gasteiger partial charge in [-0.15, -0.1) is 0 Å². The number of hydrogen-bond donors (Lipinski definition) is 2. The van der Waals surface area contributed by atoms with Crippen LogP contribution in [0.4, 0.5) is 0 Å². The first-order valence-corrected chi connectivity index (χ1v) is 22.3. The topological polar surface area (TPSA) is 118 Å². The Bertz CT molecular complexity index is 3220. The number of benzene rings is 6. The molecule has 0 fully saturated rings. The second-order valence-electron chi connectivity index (χ2n) is 14.7. The molecule has 0 spiro atoms. The summed E-state index contributed by atoms with van der Waals surface area (Å²) in [4.78, 5) is 37.9. The van der Waals surface area contributed by atoms with Gasteiger partial charge >= 0.3 is 336 Å². The summed E-state index contributed by atoms with van der Waals surface area (Å²) in [6.07, 6.45) is 0. The van der Waals surface area contributed by atoms with Gasteiger partial charge in [0.05, 0.1) is 0 Å². The van der Waals surface area contributed by atoms with Crippen LogP contribution in [0.25, 0.3) is 89.7 Å². The van der Waals surface area contributed by atoms with Crippen molar-refractivity contribution in [3.05, 3.63) is 157 Å². The maximum atomic E-state index is 6.69. The molecule has 2 N–H and O–H groups in total. The van der Waals surface area contributed by atoms with Crippen LogP contribution in [0.1, 0.15) is 25.0 Å². The first-order valence-electron chi connectivity index (χ1n) is 18.8. The molecule has 0 unspecified atom stereocenters. The fourth-order valence-corrected chi connectivity index (χ4v) is 11.3. The van der Waals surface area contributed by atoms with Gasteiger partial charge in [0.25, 0.3) is 0 Å². The molecule has 5 heterocycles. The minimum absolute atomic E-state index is 0.131. The number of aromatic nitrogens is 8. The van der Waals surface area contributed by atoms with Crippen LogP contribution in [-0.2, 0) is 5.41 Å². The number of fused-ring (bicyclic) bond motifs is 20. The second kappa shape index (κ2) is 13.3. The van der Waals surface area contributed by atoms with Crippen molar-refractivity contribution in [1.82, 2.24) is 39.9 Å². The number of rotatable bonds is 5. The molecule has 3 aromatic heterocycles. The Morgan fingerprint density at radius 1 is 0.421 bits per heavy atom. The second-order valence-corrected chi connectivity index (χ2v) is 18.4. The van der Waals surface area contributed by atoms with E-state index in [1.165, 1.54) is 11.1 Å². The summed E-state index contributed by atoms with van der Waals surface area (Å²) in [6, 6.07) is 49.8. The zero-order chi connectivity index (χ0) is 38.1. The third kappa shape index (κ3) is 5.71. The molecule has 57 heavy (non-hydrogen) atoms. The normalized spacial score (nSPS) is 12.1. The van der Waals surface area contributed by atoms with Crippen LogP contribution in [0, 0.1) is 0 Å². The van der Waals surface area contributed by atoms with Crippen LogP contribution in [0.3, 0.4) is 0 Å². The molecule has 8 bridgehead atoms. The van der Waals surface area contributed by atoms with E-state index in [-0.39, 0.29) is 5.41 Å². The van der Waals surface area contributed by atoms with E-state index in [1.54, 1.807) is 0 Å². The molecule has 9 nitrogen and oxygen atoms in total. The average molecular weight is 932 g/mol. The third-order valence-corrected chi connectivity index (χ3v) is 14.7. The van der Waals surface area contributed by atoms with Crippen molar-refractivity contribution in [1.29, 1.82) is 0 Å². The average Bonchev–Trinajstić information content (AvgIpc) is 3.99. The molecular weight excluding hydrogens is 900 g/mol. The predicted molar refractivity (Wildman–Crippen MR) is 227 cm³/mol. The SMILES string of the molecule is CC(C)(c1ccccc1)c1ccc([O][Pb][c]2cccc3c4nc5nc(nc6[nH]c(nc7nc(nc([nH]4)c23)-c2ccccc2-7)c2ccccc62)-c2ccccc2-5)cc1. The van der Waals surface area contributed by atoms with E-state index in [9.17, 15) is 0 Å². The van der Waals surface area contributed by atoms with Crippen LogP contribution in [0.15, 0.2) is 146 Å². The van der Waals surface area contributed by atoms with Gasteiger partial charge in [0.15, 0.2) is 0 Å². The molecule has 10 heteroatoms. The van der Waals surface area contributed by atoms with E-state index in [0.717, 1.165) is 52.7 Å². The molecule has 2 aliphatic heterocycles. The molecule has 270 valence electrons. The molecular formula is C47H32N8OPb. The fraction of sp³-hybridized carbons (Fsp3) is 0.0638. The summed E-state index contributed by atoms with van der Waals surface area (Å²) in [5.74, 6) is 3.18. The predicted octanol–water partition coefficient (Wildman–Crippen LogP) is 9.52. The third-order valence-electron chi connectivity index (χ3n) is 10.9. The Morgan fingerprint density at radius 3 is 1.42 bits per heavy atom. The molecule has 2 aliphatic rings. The van der Waals surface area contributed by atoms with Crippen LogP contribution in [0.2, 0.25) is 0 Å². The summed E-state index contributed by atoms with van der Waals surface area (Å²) in [6.45, 7) is 4.51. The number of nitrogens with zero attached hydrogens (tertiary/aromatic N) is 6. The van der Waals surface area contributed by atoms with Gasteiger partial charge in [-0.2, -0.15) is 0 Å². The van der Waals surface area contributed by atoms with Crippen LogP contribution in [-0.4, -0.2) is 64.6 Å². The first-order chi connectivity index (χ1) is 28.0. The van der Waals surface area contributed by atoms with Crippen molar-refractivity contribution in [2.45, 2.75) is 19.3 Å². The molecule has 0 saturated carbocycles. The van der Waals surface area contributed by atoms with E-state index in [2.05, 4.69) is 96.6 Å². The van der Waals surface area contributed by atoms with E-state index in [0.29, 0.717) is 45.9 Å². The summed E-state index contributed by atoms with van der Waals surface area (Å²) in [5.41, 5.74) is 8.69. The van der Waals surface area contributed by atoms with Crippen LogP contribution < -0.4 is 5.81 Å². The molecule has 6 aromatic carbocycles. The van der Waals surface area contributed by atoms with Gasteiger partial charge in [0.2, 0.25) is 0 Å². The van der Waals surface area contributed by atoms with E-state index >= 15 is 0 Å². The summed E-state index contributed by atoms with van der Waals surface area (Å²) < 4.78 is 7.84. The molecule has 9 aromatic rings. The van der Waals surface area contributed by atoms with Crippen molar-refractivity contribution in [3.63, 3.8) is 0 Å².